The van der Waals surface area contributed by atoms with Gasteiger partial charge in [0.1, 0.15) is 0 Å². The molecule has 1 heterocycles. The summed E-state index contributed by atoms with van der Waals surface area (Å²) in [6, 6.07) is 3.61. The molecule has 1 aromatic rings. The number of hydrogen-bond donors (Lipinski definition) is 4. The second-order valence-corrected chi connectivity index (χ2v) is 3.16. The number of rotatable bonds is 4. The van der Waals surface area contributed by atoms with Crippen molar-refractivity contribution in [2.75, 3.05) is 0 Å². The van der Waals surface area contributed by atoms with Crippen LogP contribution in [0.3, 0.4) is 0 Å². The molecule has 0 radical (unpaired) electrons. The molecule has 8 nitrogen and oxygen atoms in total. The predicted molar refractivity (Wildman–Crippen MR) is 66.2 cm³/mol. The number of aliphatic carboxylic acids is 2. The first-order valence-electron chi connectivity index (χ1n) is 4.69. The first-order valence-corrected chi connectivity index (χ1v) is 5.10. The smallest absolute Gasteiger partial charge is 0.335 e. The zero-order chi connectivity index (χ0) is 14.8. The van der Waals surface area contributed by atoms with Crippen LogP contribution in [0.2, 0.25) is 0 Å². The van der Waals surface area contributed by atoms with Crippen LogP contribution in [-0.2, 0) is 9.59 Å². The van der Waals surface area contributed by atoms with Crippen molar-refractivity contribution in [1.29, 1.82) is 0 Å². The van der Waals surface area contributed by atoms with Crippen LogP contribution in [0.25, 0.3) is 0 Å². The molecule has 0 spiro atoms. The molecular weight excluding hydrogens is 276 g/mol. The number of isothiocyanates is 1. The van der Waals surface area contributed by atoms with Gasteiger partial charge in [-0.2, -0.15) is 4.99 Å². The molecule has 2 unspecified atom stereocenters. The van der Waals surface area contributed by atoms with E-state index in [0.29, 0.717) is 0 Å². The van der Waals surface area contributed by atoms with Gasteiger partial charge in [0.15, 0.2) is 12.2 Å². The minimum Gasteiger partial charge on any atom is -0.479 e. The number of aliphatic hydroxyl groups is 2. The largest absolute Gasteiger partial charge is 0.479 e. The van der Waals surface area contributed by atoms with E-state index in [1.807, 2.05) is 6.07 Å². The maximum Gasteiger partial charge on any atom is 0.335 e. The van der Waals surface area contributed by atoms with Gasteiger partial charge in [0.25, 0.3) is 0 Å². The van der Waals surface area contributed by atoms with Crippen molar-refractivity contribution < 1.29 is 30.0 Å². The number of thiocarbonyl (C=S) groups is 1. The number of aliphatic imine (C=N–C) groups is 1. The van der Waals surface area contributed by atoms with Gasteiger partial charge in [-0.1, -0.05) is 0 Å². The van der Waals surface area contributed by atoms with Gasteiger partial charge in [0, 0.05) is 6.20 Å². The van der Waals surface area contributed by atoms with Crippen molar-refractivity contribution in [3.8, 4) is 0 Å². The van der Waals surface area contributed by atoms with Gasteiger partial charge in [0.2, 0.25) is 0 Å². The molecule has 0 saturated heterocycles. The number of carbonyl (C=O) groups is 2. The molecule has 4 N–H and O–H groups in total. The second kappa shape index (κ2) is 8.84. The van der Waals surface area contributed by atoms with Gasteiger partial charge in [-0.15, -0.1) is 0 Å². The summed E-state index contributed by atoms with van der Waals surface area (Å²) in [5.41, 5.74) is 0.743. The highest BCUT2D eigenvalue weighted by Gasteiger charge is 2.29. The summed E-state index contributed by atoms with van der Waals surface area (Å²) in [5, 5.41) is 34.8. The third-order valence-corrected chi connectivity index (χ3v) is 1.72. The molecule has 2 atom stereocenters. The van der Waals surface area contributed by atoms with Crippen LogP contribution in [-0.4, -0.2) is 54.7 Å². The van der Waals surface area contributed by atoms with Crippen LogP contribution in [0, 0.1) is 0 Å². The fourth-order valence-corrected chi connectivity index (χ4v) is 0.848. The molecule has 9 heteroatoms. The van der Waals surface area contributed by atoms with E-state index in [9.17, 15) is 9.59 Å². The van der Waals surface area contributed by atoms with E-state index in [4.69, 9.17) is 20.4 Å². The van der Waals surface area contributed by atoms with E-state index in [-0.39, 0.29) is 0 Å². The van der Waals surface area contributed by atoms with Crippen LogP contribution in [0.4, 0.5) is 5.69 Å². The lowest BCUT2D eigenvalue weighted by Gasteiger charge is -2.07. The Morgan fingerprint density at radius 1 is 1.26 bits per heavy atom. The summed E-state index contributed by atoms with van der Waals surface area (Å²) < 4.78 is 0. The van der Waals surface area contributed by atoms with Gasteiger partial charge in [-0.05, 0) is 24.4 Å². The van der Waals surface area contributed by atoms with Gasteiger partial charge >= 0.3 is 11.9 Å². The SMILES string of the molecule is O=C(O)C(O)C(O)C(=O)O.S=C=Nc1cccnc1. The second-order valence-electron chi connectivity index (χ2n) is 2.98. The zero-order valence-corrected chi connectivity index (χ0v) is 10.2. The van der Waals surface area contributed by atoms with E-state index < -0.39 is 24.1 Å². The molecule has 1 aromatic heterocycles. The summed E-state index contributed by atoms with van der Waals surface area (Å²) >= 11 is 4.39. The van der Waals surface area contributed by atoms with E-state index in [1.165, 1.54) is 0 Å². The van der Waals surface area contributed by atoms with Gasteiger partial charge in [0.05, 0.1) is 17.0 Å². The first-order chi connectivity index (χ1) is 8.90. The van der Waals surface area contributed by atoms with Crippen molar-refractivity contribution in [1.82, 2.24) is 4.98 Å². The van der Waals surface area contributed by atoms with Crippen molar-refractivity contribution in [3.63, 3.8) is 0 Å². The van der Waals surface area contributed by atoms with Crippen LogP contribution >= 0.6 is 12.2 Å². The number of carboxylic acids is 2. The van der Waals surface area contributed by atoms with Crippen LogP contribution in [0.15, 0.2) is 29.5 Å². The zero-order valence-electron chi connectivity index (χ0n) is 9.37. The molecule has 102 valence electrons. The van der Waals surface area contributed by atoms with E-state index >= 15 is 0 Å². The normalized spacial score (nSPS) is 12.1. The minimum atomic E-state index is -2.27. The van der Waals surface area contributed by atoms with Crippen LogP contribution in [0.1, 0.15) is 0 Å². The van der Waals surface area contributed by atoms with E-state index in [1.54, 1.807) is 18.5 Å². The fourth-order valence-electron chi connectivity index (χ4n) is 0.743. The maximum atomic E-state index is 9.77. The molecular formula is C10H10N2O6S. The summed E-state index contributed by atoms with van der Waals surface area (Å²) in [6.45, 7) is 0. The summed E-state index contributed by atoms with van der Waals surface area (Å²) in [5.74, 6) is -3.54. The Kier molecular flexibility index (Phi) is 7.82. The third-order valence-electron chi connectivity index (χ3n) is 1.63. The maximum absolute atomic E-state index is 9.77. The molecule has 0 aromatic carbocycles. The third kappa shape index (κ3) is 6.96. The van der Waals surface area contributed by atoms with Gasteiger partial charge in [-0.3, -0.25) is 4.98 Å². The molecule has 0 aliphatic heterocycles. The Hall–Kier alpha value is -2.19. The topological polar surface area (TPSA) is 140 Å². The average Bonchev–Trinajstić information content (AvgIpc) is 2.39. The summed E-state index contributed by atoms with van der Waals surface area (Å²) in [4.78, 5) is 27.1. The Balaban J connectivity index is 0.000000342. The van der Waals surface area contributed by atoms with Crippen molar-refractivity contribution in [3.05, 3.63) is 24.5 Å². The van der Waals surface area contributed by atoms with Gasteiger partial charge < -0.3 is 20.4 Å². The number of aromatic nitrogens is 1. The van der Waals surface area contributed by atoms with Crippen molar-refractivity contribution in [2.45, 2.75) is 12.2 Å². The molecule has 0 bridgehead atoms. The average molecular weight is 286 g/mol. The monoisotopic (exact) mass is 286 g/mol. The van der Waals surface area contributed by atoms with Crippen LogP contribution < -0.4 is 0 Å². The Morgan fingerprint density at radius 3 is 2.11 bits per heavy atom. The van der Waals surface area contributed by atoms with E-state index in [0.717, 1.165) is 5.69 Å². The Bertz CT molecular complexity index is 456. The fraction of sp³-hybridized carbons (Fsp3) is 0.200. The predicted octanol–water partition coefficient (Wildman–Crippen LogP) is -0.307. The molecule has 1 rings (SSSR count). The molecule has 19 heavy (non-hydrogen) atoms. The molecule has 0 fully saturated rings. The lowest BCUT2D eigenvalue weighted by molar-refractivity contribution is -0.165. The molecule has 0 saturated carbocycles. The summed E-state index contributed by atoms with van der Waals surface area (Å²) in [6.07, 6.45) is -1.23. The highest BCUT2D eigenvalue weighted by Crippen LogP contribution is 2.04. The quantitative estimate of drug-likeness (QED) is 0.436. The highest BCUT2D eigenvalue weighted by molar-refractivity contribution is 7.78. The lowest BCUT2D eigenvalue weighted by atomic mass is 10.2. The number of nitrogens with zero attached hydrogens (tertiary/aromatic N) is 2. The number of aliphatic hydroxyl groups excluding tert-OH is 2. The minimum absolute atomic E-state index is 0.743. The van der Waals surface area contributed by atoms with E-state index in [2.05, 4.69) is 27.4 Å². The molecule has 0 amide bonds. The van der Waals surface area contributed by atoms with Crippen molar-refractivity contribution >= 4 is 35.0 Å². The first kappa shape index (κ1) is 16.8. The lowest BCUT2D eigenvalue weighted by Crippen LogP contribution is -2.39. The number of carboxylic acid groups (broad SMARTS) is 2. The van der Waals surface area contributed by atoms with Gasteiger partial charge in [-0.25, -0.2) is 9.59 Å². The van der Waals surface area contributed by atoms with Crippen molar-refractivity contribution in [2.24, 2.45) is 4.99 Å². The molecule has 0 aliphatic rings. The number of hydrogen-bond acceptors (Lipinski definition) is 7. The summed E-state index contributed by atoms with van der Waals surface area (Å²) in [7, 11) is 0. The standard InChI is InChI=1S/C6H4N2S.C4H6O6/c9-5-8-6-2-1-3-7-4-6;5-1(3(7)8)2(6)4(9)10/h1-4H;1-2,5-6H,(H,7,8)(H,9,10). The number of pyridine rings is 1. The molecule has 0 aliphatic carbocycles. The highest BCUT2D eigenvalue weighted by atomic mass is 32.1. The van der Waals surface area contributed by atoms with Crippen LogP contribution in [0.5, 0.6) is 0 Å². The Labute approximate surface area is 112 Å². The Morgan fingerprint density at radius 2 is 1.79 bits per heavy atom.